The van der Waals surface area contributed by atoms with E-state index in [4.69, 9.17) is 4.74 Å². The molecule has 0 bridgehead atoms. The van der Waals surface area contributed by atoms with Gasteiger partial charge in [-0.3, -0.25) is 14.5 Å². The number of anilines is 1. The van der Waals surface area contributed by atoms with E-state index in [1.807, 2.05) is 52.1 Å². The summed E-state index contributed by atoms with van der Waals surface area (Å²) in [6.07, 6.45) is 0. The Morgan fingerprint density at radius 3 is 2.43 bits per heavy atom. The highest BCUT2D eigenvalue weighted by atomic mass is 32.1. The monoisotopic (exact) mass is 491 g/mol. The van der Waals surface area contributed by atoms with Gasteiger partial charge in [0.2, 0.25) is 0 Å². The van der Waals surface area contributed by atoms with E-state index in [2.05, 4.69) is 0 Å². The molecule has 1 fully saturated rings. The van der Waals surface area contributed by atoms with Gasteiger partial charge in [-0.25, -0.2) is 0 Å². The van der Waals surface area contributed by atoms with Crippen molar-refractivity contribution in [3.63, 3.8) is 0 Å². The second kappa shape index (κ2) is 9.23. The fourth-order valence-electron chi connectivity index (χ4n) is 4.36. The van der Waals surface area contributed by atoms with Gasteiger partial charge in [0.1, 0.15) is 23.3 Å². The predicted molar refractivity (Wildman–Crippen MR) is 138 cm³/mol. The summed E-state index contributed by atoms with van der Waals surface area (Å²) in [6, 6.07) is 12.7. The summed E-state index contributed by atoms with van der Waals surface area (Å²) in [5, 5.41) is 23.9. The third-order valence-corrected chi connectivity index (χ3v) is 7.17. The third-order valence-electron chi connectivity index (χ3n) is 6.10. The molecule has 0 saturated carbocycles. The summed E-state index contributed by atoms with van der Waals surface area (Å²) in [4.78, 5) is 28.7. The van der Waals surface area contributed by atoms with E-state index < -0.39 is 17.7 Å². The number of aliphatic hydroxyl groups is 1. The fourth-order valence-corrected chi connectivity index (χ4v) is 5.39. The number of carbonyl (C=O) groups excluding carboxylic acids is 2. The van der Waals surface area contributed by atoms with Gasteiger partial charge in [0.15, 0.2) is 0 Å². The number of aliphatic hydroxyl groups excluding tert-OH is 1. The number of rotatable bonds is 5. The van der Waals surface area contributed by atoms with Gasteiger partial charge in [-0.15, -0.1) is 11.3 Å². The zero-order chi connectivity index (χ0) is 25.5. The summed E-state index contributed by atoms with van der Waals surface area (Å²) < 4.78 is 5.79. The van der Waals surface area contributed by atoms with Gasteiger partial charge in [0.05, 0.1) is 17.9 Å². The first-order chi connectivity index (χ1) is 16.6. The molecule has 6 nitrogen and oxygen atoms in total. The molecule has 7 heteroatoms. The Kier molecular flexibility index (Phi) is 6.47. The summed E-state index contributed by atoms with van der Waals surface area (Å²) in [7, 11) is 0. The van der Waals surface area contributed by atoms with Crippen molar-refractivity contribution in [1.82, 2.24) is 0 Å². The molecule has 2 aromatic carbocycles. The highest BCUT2D eigenvalue weighted by Crippen LogP contribution is 2.47. The Morgan fingerprint density at radius 1 is 1.11 bits per heavy atom. The molecule has 182 valence electrons. The van der Waals surface area contributed by atoms with Gasteiger partial charge in [0.25, 0.3) is 11.7 Å². The molecule has 0 aliphatic carbocycles. The number of benzene rings is 2. The SMILES string of the molecule is CCOc1ccc(/C(O)=C2/C(=O)C(=O)N(c3ccccc3O)C2c2sccc2C)cc1C(C)(C)C. The number of aryl methyl sites for hydroxylation is 1. The minimum atomic E-state index is -0.868. The first-order valence-corrected chi connectivity index (χ1v) is 12.3. The molecule has 1 atom stereocenters. The maximum atomic E-state index is 13.4. The average molecular weight is 492 g/mol. The summed E-state index contributed by atoms with van der Waals surface area (Å²) >= 11 is 1.39. The van der Waals surface area contributed by atoms with Crippen molar-refractivity contribution in [2.45, 2.75) is 46.1 Å². The number of phenolic OH excluding ortho intramolecular Hbond substituents is 1. The van der Waals surface area contributed by atoms with E-state index in [1.54, 1.807) is 30.3 Å². The quantitative estimate of drug-likeness (QED) is 0.256. The van der Waals surface area contributed by atoms with Crippen LogP contribution in [0, 0.1) is 6.92 Å². The van der Waals surface area contributed by atoms with Crippen molar-refractivity contribution >= 4 is 34.5 Å². The number of hydrogen-bond donors (Lipinski definition) is 2. The van der Waals surface area contributed by atoms with Crippen LogP contribution in [0.4, 0.5) is 5.69 Å². The van der Waals surface area contributed by atoms with E-state index in [1.165, 1.54) is 22.3 Å². The van der Waals surface area contributed by atoms with Crippen LogP contribution in [-0.2, 0) is 15.0 Å². The Balaban J connectivity index is 1.96. The number of thiophene rings is 1. The fraction of sp³-hybridized carbons (Fsp3) is 0.286. The molecule has 1 saturated heterocycles. The third kappa shape index (κ3) is 4.32. The van der Waals surface area contributed by atoms with Crippen molar-refractivity contribution in [1.29, 1.82) is 0 Å². The molecule has 2 heterocycles. The molecule has 1 amide bonds. The molecule has 1 aliphatic rings. The number of hydrogen-bond acceptors (Lipinski definition) is 6. The minimum Gasteiger partial charge on any atom is -0.507 e. The van der Waals surface area contributed by atoms with Gasteiger partial charge in [0, 0.05) is 16.0 Å². The lowest BCUT2D eigenvalue weighted by molar-refractivity contribution is -0.132. The zero-order valence-corrected chi connectivity index (χ0v) is 21.3. The van der Waals surface area contributed by atoms with Crippen LogP contribution in [0.15, 0.2) is 59.5 Å². The van der Waals surface area contributed by atoms with Crippen LogP contribution in [0.2, 0.25) is 0 Å². The number of ether oxygens (including phenoxy) is 1. The van der Waals surface area contributed by atoms with E-state index in [9.17, 15) is 19.8 Å². The first kappa shape index (κ1) is 24.5. The molecule has 1 aromatic heterocycles. The number of nitrogens with zero attached hydrogens (tertiary/aromatic N) is 1. The average Bonchev–Trinajstić information content (AvgIpc) is 3.34. The van der Waals surface area contributed by atoms with E-state index in [0.29, 0.717) is 17.9 Å². The van der Waals surface area contributed by atoms with Crippen molar-refractivity contribution in [2.24, 2.45) is 0 Å². The van der Waals surface area contributed by atoms with E-state index in [-0.39, 0.29) is 28.2 Å². The van der Waals surface area contributed by atoms with Crippen LogP contribution in [-0.4, -0.2) is 28.5 Å². The Hall–Kier alpha value is -3.58. The lowest BCUT2D eigenvalue weighted by Gasteiger charge is -2.26. The van der Waals surface area contributed by atoms with Crippen molar-refractivity contribution < 1.29 is 24.5 Å². The molecular formula is C28H29NO5S. The summed E-state index contributed by atoms with van der Waals surface area (Å²) in [5.41, 5.74) is 2.11. The lowest BCUT2D eigenvalue weighted by atomic mass is 9.84. The normalized spacial score (nSPS) is 17.7. The van der Waals surface area contributed by atoms with Crippen LogP contribution < -0.4 is 9.64 Å². The predicted octanol–water partition coefficient (Wildman–Crippen LogP) is 6.08. The number of para-hydroxylation sites is 2. The van der Waals surface area contributed by atoms with Crippen molar-refractivity contribution in [3.05, 3.63) is 81.1 Å². The maximum absolute atomic E-state index is 13.4. The first-order valence-electron chi connectivity index (χ1n) is 11.5. The van der Waals surface area contributed by atoms with Crippen molar-refractivity contribution in [3.8, 4) is 11.5 Å². The topological polar surface area (TPSA) is 87.1 Å². The molecular weight excluding hydrogens is 462 g/mol. The zero-order valence-electron chi connectivity index (χ0n) is 20.5. The number of aromatic hydroxyl groups is 1. The molecule has 0 radical (unpaired) electrons. The van der Waals surface area contributed by atoms with Gasteiger partial charge >= 0.3 is 0 Å². The number of amides is 1. The molecule has 0 spiro atoms. The van der Waals surface area contributed by atoms with Crippen LogP contribution >= 0.6 is 11.3 Å². The number of carbonyl (C=O) groups is 2. The highest BCUT2D eigenvalue weighted by Gasteiger charge is 2.48. The molecule has 35 heavy (non-hydrogen) atoms. The molecule has 1 aliphatic heterocycles. The van der Waals surface area contributed by atoms with Gasteiger partial charge in [-0.05, 0) is 66.6 Å². The number of ketones is 1. The van der Waals surface area contributed by atoms with Gasteiger partial charge in [-0.2, -0.15) is 0 Å². The Morgan fingerprint density at radius 2 is 1.83 bits per heavy atom. The largest absolute Gasteiger partial charge is 0.507 e. The lowest BCUT2D eigenvalue weighted by Crippen LogP contribution is -2.29. The second-order valence-electron chi connectivity index (χ2n) is 9.52. The smallest absolute Gasteiger partial charge is 0.300 e. The number of Topliss-reactive ketones (excluding diaryl/α,β-unsaturated/α-hetero) is 1. The minimum absolute atomic E-state index is 0.00665. The van der Waals surface area contributed by atoms with E-state index >= 15 is 0 Å². The highest BCUT2D eigenvalue weighted by molar-refractivity contribution is 7.10. The molecule has 4 rings (SSSR count). The molecule has 1 unspecified atom stereocenters. The summed E-state index contributed by atoms with van der Waals surface area (Å²) in [6.45, 7) is 10.4. The summed E-state index contributed by atoms with van der Waals surface area (Å²) in [5.74, 6) is -1.27. The Bertz CT molecular complexity index is 1330. The second-order valence-corrected chi connectivity index (χ2v) is 10.5. The molecule has 2 N–H and O–H groups in total. The van der Waals surface area contributed by atoms with Crippen LogP contribution in [0.5, 0.6) is 11.5 Å². The van der Waals surface area contributed by atoms with E-state index in [0.717, 1.165) is 16.0 Å². The van der Waals surface area contributed by atoms with Crippen LogP contribution in [0.3, 0.4) is 0 Å². The number of phenols is 1. The van der Waals surface area contributed by atoms with Gasteiger partial charge in [-0.1, -0.05) is 32.9 Å². The maximum Gasteiger partial charge on any atom is 0.300 e. The standard InChI is InChI=1S/C28H29NO5S/c1-6-34-21-12-11-17(15-18(21)28(3,4)5)24(31)22-23(26-16(2)13-14-35-26)29(27(33)25(22)32)19-9-7-8-10-20(19)30/h7-15,23,30-31H,6H2,1-5H3/b24-22-. The van der Waals surface area contributed by atoms with Crippen LogP contribution in [0.25, 0.3) is 5.76 Å². The Labute approximate surface area is 209 Å². The van der Waals surface area contributed by atoms with Gasteiger partial charge < -0.3 is 14.9 Å². The van der Waals surface area contributed by atoms with Crippen molar-refractivity contribution in [2.75, 3.05) is 11.5 Å². The van der Waals surface area contributed by atoms with Crippen LogP contribution in [0.1, 0.15) is 55.3 Å². The molecule has 3 aromatic rings.